The minimum absolute atomic E-state index is 0.393. The highest BCUT2D eigenvalue weighted by Crippen LogP contribution is 2.21. The predicted molar refractivity (Wildman–Crippen MR) is 135 cm³/mol. The van der Waals surface area contributed by atoms with Gasteiger partial charge in [0.2, 0.25) is 0 Å². The van der Waals surface area contributed by atoms with Gasteiger partial charge in [0.15, 0.2) is 0 Å². The molecule has 0 aliphatic rings. The van der Waals surface area contributed by atoms with Gasteiger partial charge in [0.1, 0.15) is 0 Å². The van der Waals surface area contributed by atoms with Crippen molar-refractivity contribution in [1.29, 1.82) is 0 Å². The first kappa shape index (κ1) is 34.5. The van der Waals surface area contributed by atoms with Crippen molar-refractivity contribution >= 4 is 0 Å². The average molecular weight is 513 g/mol. The molecule has 0 aromatic rings. The average Bonchev–Trinajstić information content (AvgIpc) is 2.87. The summed E-state index contributed by atoms with van der Waals surface area (Å²) in [6.07, 6.45) is 0. The molecule has 0 aromatic carbocycles. The monoisotopic (exact) mass is 512 g/mol. The van der Waals surface area contributed by atoms with Crippen molar-refractivity contribution in [3.63, 3.8) is 0 Å². The Morgan fingerprint density at radius 1 is 0.429 bits per heavy atom. The van der Waals surface area contributed by atoms with E-state index >= 15 is 0 Å². The van der Waals surface area contributed by atoms with Crippen molar-refractivity contribution in [3.05, 3.63) is 0 Å². The maximum Gasteiger partial charge on any atom is 0.0701 e. The molecular formula is C23H52N4O8. The fourth-order valence-electron chi connectivity index (χ4n) is 2.80. The van der Waals surface area contributed by atoms with Crippen LogP contribution in [0.3, 0.4) is 0 Å². The molecule has 0 spiro atoms. The molecule has 0 atom stereocenters. The molecule has 0 radical (unpaired) electrons. The quantitative estimate of drug-likeness (QED) is 0.0826. The second kappa shape index (κ2) is 28.1. The summed E-state index contributed by atoms with van der Waals surface area (Å²) >= 11 is 0. The highest BCUT2D eigenvalue weighted by molar-refractivity contribution is 4.79. The number of hydrogen-bond donors (Lipinski definition) is 4. The maximum absolute atomic E-state index is 5.96. The number of ether oxygens (including phenoxy) is 8. The molecule has 0 aliphatic heterocycles. The van der Waals surface area contributed by atoms with Crippen LogP contribution in [0.5, 0.6) is 0 Å². The Hall–Kier alpha value is -0.480. The molecule has 0 rings (SSSR count). The van der Waals surface area contributed by atoms with Crippen LogP contribution in [0, 0.1) is 5.41 Å². The fraction of sp³-hybridized carbons (Fsp3) is 1.00. The van der Waals surface area contributed by atoms with E-state index in [2.05, 4.69) is 10.6 Å². The molecular weight excluding hydrogens is 460 g/mol. The smallest absolute Gasteiger partial charge is 0.0701 e. The van der Waals surface area contributed by atoms with E-state index in [1.807, 2.05) is 14.1 Å². The highest BCUT2D eigenvalue weighted by atomic mass is 16.6. The number of hydrogen-bond acceptors (Lipinski definition) is 12. The van der Waals surface area contributed by atoms with E-state index in [1.54, 1.807) is 0 Å². The van der Waals surface area contributed by atoms with Gasteiger partial charge < -0.3 is 60.0 Å². The zero-order valence-corrected chi connectivity index (χ0v) is 22.1. The second-order valence-corrected chi connectivity index (χ2v) is 7.94. The van der Waals surface area contributed by atoms with Crippen molar-refractivity contribution in [2.75, 3.05) is 146 Å². The van der Waals surface area contributed by atoms with E-state index in [-0.39, 0.29) is 0 Å². The first-order valence-corrected chi connectivity index (χ1v) is 12.6. The predicted octanol–water partition coefficient (Wildman–Crippen LogP) is -1.54. The summed E-state index contributed by atoms with van der Waals surface area (Å²) in [5.41, 5.74) is 10.4. The summed E-state index contributed by atoms with van der Waals surface area (Å²) in [4.78, 5) is 0. The summed E-state index contributed by atoms with van der Waals surface area (Å²) in [6, 6.07) is 0. The minimum atomic E-state index is -0.502. The normalized spacial score (nSPS) is 12.0. The second-order valence-electron chi connectivity index (χ2n) is 7.94. The molecule has 0 fully saturated rings. The summed E-state index contributed by atoms with van der Waals surface area (Å²) in [7, 11) is 3.78. The topological polar surface area (TPSA) is 150 Å². The fourth-order valence-corrected chi connectivity index (χ4v) is 2.80. The van der Waals surface area contributed by atoms with Crippen LogP contribution in [-0.4, -0.2) is 146 Å². The molecule has 0 saturated carbocycles. The highest BCUT2D eigenvalue weighted by Gasteiger charge is 2.32. The minimum Gasteiger partial charge on any atom is -0.378 e. The van der Waals surface area contributed by atoms with Gasteiger partial charge in [-0.3, -0.25) is 0 Å². The summed E-state index contributed by atoms with van der Waals surface area (Å²) in [5.74, 6) is 0. The number of nitrogens with one attached hydrogen (secondary N) is 2. The summed E-state index contributed by atoms with van der Waals surface area (Å²) in [6.45, 7) is 10.3. The van der Waals surface area contributed by atoms with Crippen molar-refractivity contribution in [2.45, 2.75) is 0 Å². The Labute approximate surface area is 211 Å². The maximum atomic E-state index is 5.96. The number of nitrogens with two attached hydrogens (primary N) is 2. The molecule has 0 unspecified atom stereocenters. The molecule has 0 aromatic heterocycles. The lowest BCUT2D eigenvalue weighted by Crippen LogP contribution is -2.43. The molecule has 12 heteroatoms. The lowest BCUT2D eigenvalue weighted by Gasteiger charge is -2.33. The van der Waals surface area contributed by atoms with Crippen LogP contribution in [0.15, 0.2) is 0 Å². The van der Waals surface area contributed by atoms with E-state index < -0.39 is 5.41 Å². The Bertz CT molecular complexity index is 378. The first-order chi connectivity index (χ1) is 17.2. The van der Waals surface area contributed by atoms with E-state index in [9.17, 15) is 0 Å². The van der Waals surface area contributed by atoms with Crippen molar-refractivity contribution in [2.24, 2.45) is 16.9 Å². The molecule has 0 amide bonds. The Morgan fingerprint density at radius 3 is 1.00 bits per heavy atom. The third-order valence-electron chi connectivity index (χ3n) is 4.64. The SMILES string of the molecule is CNCCOCCOCC(COCCOCCN)(COCCOCCN)COCCOCCNC. The Morgan fingerprint density at radius 2 is 0.714 bits per heavy atom. The lowest BCUT2D eigenvalue weighted by atomic mass is 9.92. The van der Waals surface area contributed by atoms with Crippen LogP contribution in [0.25, 0.3) is 0 Å². The Kier molecular flexibility index (Phi) is 27.7. The molecule has 0 saturated heterocycles. The molecule has 12 nitrogen and oxygen atoms in total. The third-order valence-corrected chi connectivity index (χ3v) is 4.64. The molecule has 0 bridgehead atoms. The summed E-state index contributed by atoms with van der Waals surface area (Å²) < 4.78 is 45.7. The van der Waals surface area contributed by atoms with Gasteiger partial charge >= 0.3 is 0 Å². The molecule has 0 heterocycles. The number of likely N-dealkylation sites (N-methyl/N-ethyl adjacent to an activating group) is 2. The molecule has 35 heavy (non-hydrogen) atoms. The molecule has 212 valence electrons. The van der Waals surface area contributed by atoms with Crippen molar-refractivity contribution in [1.82, 2.24) is 10.6 Å². The van der Waals surface area contributed by atoms with Crippen LogP contribution in [0.4, 0.5) is 0 Å². The van der Waals surface area contributed by atoms with Crippen molar-refractivity contribution in [3.8, 4) is 0 Å². The molecule has 0 aliphatic carbocycles. The van der Waals surface area contributed by atoms with E-state index in [0.717, 1.165) is 13.1 Å². The zero-order chi connectivity index (χ0) is 25.7. The van der Waals surface area contributed by atoms with Gasteiger partial charge in [0.05, 0.1) is 111 Å². The first-order valence-electron chi connectivity index (χ1n) is 12.6. The van der Waals surface area contributed by atoms with Gasteiger partial charge in [-0.05, 0) is 14.1 Å². The zero-order valence-electron chi connectivity index (χ0n) is 22.1. The van der Waals surface area contributed by atoms with Gasteiger partial charge in [-0.15, -0.1) is 0 Å². The molecule has 6 N–H and O–H groups in total. The van der Waals surface area contributed by atoms with Crippen molar-refractivity contribution < 1.29 is 37.9 Å². The Balaban J connectivity index is 4.75. The van der Waals surface area contributed by atoms with Gasteiger partial charge in [-0.1, -0.05) is 0 Å². The van der Waals surface area contributed by atoms with Crippen LogP contribution < -0.4 is 22.1 Å². The van der Waals surface area contributed by atoms with Crippen LogP contribution in [-0.2, 0) is 37.9 Å². The van der Waals surface area contributed by atoms with Crippen LogP contribution >= 0.6 is 0 Å². The van der Waals surface area contributed by atoms with Gasteiger partial charge in [0, 0.05) is 26.2 Å². The van der Waals surface area contributed by atoms with E-state index in [0.29, 0.717) is 119 Å². The van der Waals surface area contributed by atoms with E-state index in [1.165, 1.54) is 0 Å². The third kappa shape index (κ3) is 23.7. The van der Waals surface area contributed by atoms with Gasteiger partial charge in [0.25, 0.3) is 0 Å². The standard InChI is InChI=1S/C23H52N4O8/c1-26-5-9-30-13-17-34-21-23(19-32-15-11-28-7-3-24,20-33-16-12-29-8-4-25)22-35-18-14-31-10-6-27-2/h26-27H,3-22,24-25H2,1-2H3. The number of rotatable bonds is 30. The summed E-state index contributed by atoms with van der Waals surface area (Å²) in [5, 5.41) is 6.09. The van der Waals surface area contributed by atoms with Gasteiger partial charge in [-0.2, -0.15) is 0 Å². The van der Waals surface area contributed by atoms with Crippen LogP contribution in [0.1, 0.15) is 0 Å². The largest absolute Gasteiger partial charge is 0.378 e. The van der Waals surface area contributed by atoms with Gasteiger partial charge in [-0.25, -0.2) is 0 Å². The van der Waals surface area contributed by atoms with Crippen LogP contribution in [0.2, 0.25) is 0 Å². The van der Waals surface area contributed by atoms with E-state index in [4.69, 9.17) is 49.4 Å². The lowest BCUT2D eigenvalue weighted by molar-refractivity contribution is -0.121.